The summed E-state index contributed by atoms with van der Waals surface area (Å²) in [5.41, 5.74) is 1.81. The van der Waals surface area contributed by atoms with Crippen LogP contribution in [0, 0.1) is 5.92 Å². The topological polar surface area (TPSA) is 79.1 Å². The molecule has 3 fully saturated rings. The number of nitrogens with zero attached hydrogens (tertiary/aromatic N) is 5. The summed E-state index contributed by atoms with van der Waals surface area (Å²) in [6, 6.07) is 6.06. The van der Waals surface area contributed by atoms with Crippen LogP contribution in [0.15, 0.2) is 36.9 Å². The predicted molar refractivity (Wildman–Crippen MR) is 110 cm³/mol. The van der Waals surface area contributed by atoms with Gasteiger partial charge in [-0.1, -0.05) is 11.3 Å². The van der Waals surface area contributed by atoms with Crippen molar-refractivity contribution in [3.8, 4) is 22.0 Å². The molecule has 2 N–H and O–H groups in total. The molecule has 7 nitrogen and oxygen atoms in total. The highest BCUT2D eigenvalue weighted by Gasteiger charge is 2.44. The maximum absolute atomic E-state index is 10.5. The number of anilines is 1. The van der Waals surface area contributed by atoms with Gasteiger partial charge in [0.05, 0.1) is 17.6 Å². The Hall–Kier alpha value is -2.45. The van der Waals surface area contributed by atoms with Gasteiger partial charge in [-0.05, 0) is 44.2 Å². The number of hydrogen-bond donors (Lipinski definition) is 2. The van der Waals surface area contributed by atoms with Crippen molar-refractivity contribution in [2.75, 3.05) is 18.5 Å². The number of aromatic nitrogens is 4. The summed E-state index contributed by atoms with van der Waals surface area (Å²) >= 11 is 1.54. The van der Waals surface area contributed by atoms with E-state index in [-0.39, 0.29) is 11.3 Å². The fraction of sp³-hybridized carbons (Fsp3) is 0.450. The molecule has 1 saturated carbocycles. The third-order valence-corrected chi connectivity index (χ3v) is 7.34. The zero-order chi connectivity index (χ0) is 19.3. The van der Waals surface area contributed by atoms with Gasteiger partial charge in [-0.3, -0.25) is 0 Å². The molecule has 2 aliphatic heterocycles. The minimum Gasteiger partial charge on any atom is -0.507 e. The fourth-order valence-electron chi connectivity index (χ4n) is 4.54. The van der Waals surface area contributed by atoms with Crippen LogP contribution < -0.4 is 10.2 Å². The van der Waals surface area contributed by atoms with Gasteiger partial charge in [0.25, 0.3) is 0 Å². The molecule has 1 aromatic carbocycles. The lowest BCUT2D eigenvalue weighted by Gasteiger charge is -2.52. The van der Waals surface area contributed by atoms with Crippen LogP contribution in [-0.2, 0) is 0 Å². The van der Waals surface area contributed by atoms with Crippen LogP contribution in [0.4, 0.5) is 5.13 Å². The average molecular weight is 397 g/mol. The fourth-order valence-corrected chi connectivity index (χ4v) is 5.44. The zero-order valence-electron chi connectivity index (χ0n) is 16.0. The van der Waals surface area contributed by atoms with Gasteiger partial charge < -0.3 is 19.9 Å². The van der Waals surface area contributed by atoms with E-state index in [9.17, 15) is 5.11 Å². The maximum atomic E-state index is 10.5. The first-order valence-electron chi connectivity index (χ1n) is 9.65. The number of phenols is 1. The second-order valence-electron chi connectivity index (χ2n) is 8.18. The molecule has 2 aromatic heterocycles. The lowest BCUT2D eigenvalue weighted by atomic mass is 9.70. The number of fused-ring (bicyclic) bond motifs is 3. The first-order chi connectivity index (χ1) is 13.5. The first-order valence-corrected chi connectivity index (χ1v) is 10.5. The van der Waals surface area contributed by atoms with Gasteiger partial charge >= 0.3 is 0 Å². The molecular weight excluding hydrogens is 372 g/mol. The van der Waals surface area contributed by atoms with Gasteiger partial charge in [0.2, 0.25) is 5.13 Å². The van der Waals surface area contributed by atoms with Crippen LogP contribution in [0.5, 0.6) is 5.75 Å². The molecule has 0 radical (unpaired) electrons. The SMILES string of the molecule is CN(c1nnc(-c2ccc(-n3ccnc3)cc2O)s1)[C@H]1C[C@@]2(C)CC[C@@H]1CN2. The van der Waals surface area contributed by atoms with E-state index in [0.717, 1.165) is 28.8 Å². The normalized spacial score (nSPS) is 26.5. The van der Waals surface area contributed by atoms with Crippen LogP contribution in [-0.4, -0.2) is 50.0 Å². The molecule has 0 unspecified atom stereocenters. The number of piperidine rings is 2. The van der Waals surface area contributed by atoms with Gasteiger partial charge in [-0.15, -0.1) is 10.2 Å². The number of imidazole rings is 1. The number of aromatic hydroxyl groups is 1. The Balaban J connectivity index is 1.39. The molecule has 1 aliphatic carbocycles. The highest BCUT2D eigenvalue weighted by molar-refractivity contribution is 7.18. The smallest absolute Gasteiger partial charge is 0.208 e. The molecule has 8 heteroatoms. The molecule has 2 saturated heterocycles. The first kappa shape index (κ1) is 17.6. The van der Waals surface area contributed by atoms with Crippen LogP contribution >= 0.6 is 11.3 Å². The molecule has 146 valence electrons. The minimum absolute atomic E-state index is 0.199. The molecule has 4 heterocycles. The summed E-state index contributed by atoms with van der Waals surface area (Å²) in [6.45, 7) is 3.41. The summed E-state index contributed by atoms with van der Waals surface area (Å²) in [5, 5.41) is 24.7. The lowest BCUT2D eigenvalue weighted by molar-refractivity contribution is 0.108. The van der Waals surface area contributed by atoms with E-state index in [1.807, 2.05) is 22.9 Å². The largest absolute Gasteiger partial charge is 0.507 e. The Bertz CT molecular complexity index is 977. The van der Waals surface area contributed by atoms with Crippen molar-refractivity contribution in [3.63, 3.8) is 0 Å². The Morgan fingerprint density at radius 2 is 2.25 bits per heavy atom. The monoisotopic (exact) mass is 396 g/mol. The minimum atomic E-state index is 0.199. The van der Waals surface area contributed by atoms with Crippen molar-refractivity contribution in [1.82, 2.24) is 25.1 Å². The Morgan fingerprint density at radius 3 is 2.93 bits per heavy atom. The molecular formula is C20H24N6OS. The van der Waals surface area contributed by atoms with Crippen molar-refractivity contribution in [3.05, 3.63) is 36.9 Å². The van der Waals surface area contributed by atoms with Crippen LogP contribution in [0.1, 0.15) is 26.2 Å². The summed E-state index contributed by atoms with van der Waals surface area (Å²) in [5.74, 6) is 0.854. The Kier molecular flexibility index (Phi) is 4.13. The number of benzene rings is 1. The van der Waals surface area contributed by atoms with Gasteiger partial charge in [0, 0.05) is 43.6 Å². The van der Waals surface area contributed by atoms with Crippen LogP contribution in [0.25, 0.3) is 16.3 Å². The predicted octanol–water partition coefficient (Wildman–Crippen LogP) is 3.06. The quantitative estimate of drug-likeness (QED) is 0.706. The molecule has 28 heavy (non-hydrogen) atoms. The number of hydrogen-bond acceptors (Lipinski definition) is 7. The van der Waals surface area contributed by atoms with E-state index in [0.29, 0.717) is 17.5 Å². The highest BCUT2D eigenvalue weighted by Crippen LogP contribution is 2.42. The summed E-state index contributed by atoms with van der Waals surface area (Å²) in [4.78, 5) is 6.34. The summed E-state index contributed by atoms with van der Waals surface area (Å²) in [7, 11) is 2.13. The van der Waals surface area contributed by atoms with Gasteiger partial charge in [-0.25, -0.2) is 4.98 Å². The van der Waals surface area contributed by atoms with Gasteiger partial charge in [0.1, 0.15) is 5.75 Å². The molecule has 0 spiro atoms. The third kappa shape index (κ3) is 2.97. The van der Waals surface area contributed by atoms with Gasteiger partial charge in [0.15, 0.2) is 5.01 Å². The molecule has 3 aromatic rings. The standard InChI is InChI=1S/C20H24N6OS/c1-20-6-5-13(11-22-20)16(10-20)25(2)19-24-23-18(28-19)15-4-3-14(9-17(15)27)26-8-7-21-12-26/h3-4,7-9,12-13,16,22,27H,5-6,10-11H2,1-2H3/t13-,16+,20-/m1/s1. The van der Waals surface area contributed by atoms with E-state index < -0.39 is 0 Å². The number of phenolic OH excluding ortho intramolecular Hbond substituents is 1. The second-order valence-corrected chi connectivity index (χ2v) is 9.14. The van der Waals surface area contributed by atoms with Crippen molar-refractivity contribution in [2.45, 2.75) is 37.8 Å². The second kappa shape index (κ2) is 6.56. The van der Waals surface area contributed by atoms with Crippen molar-refractivity contribution >= 4 is 16.5 Å². The van der Waals surface area contributed by atoms with E-state index in [2.05, 4.69) is 39.4 Å². The van der Waals surface area contributed by atoms with Crippen LogP contribution in [0.3, 0.4) is 0 Å². The van der Waals surface area contributed by atoms with Crippen LogP contribution in [0.2, 0.25) is 0 Å². The lowest BCUT2D eigenvalue weighted by Crippen LogP contribution is -2.62. The Labute approximate surface area is 168 Å². The number of rotatable bonds is 4. The maximum Gasteiger partial charge on any atom is 0.208 e. The number of nitrogens with one attached hydrogen (secondary N) is 1. The molecule has 3 atom stereocenters. The van der Waals surface area contributed by atoms with E-state index >= 15 is 0 Å². The van der Waals surface area contributed by atoms with E-state index in [4.69, 9.17) is 0 Å². The molecule has 3 aliphatic rings. The summed E-state index contributed by atoms with van der Waals surface area (Å²) < 4.78 is 1.86. The zero-order valence-corrected chi connectivity index (χ0v) is 16.9. The molecule has 6 rings (SSSR count). The summed E-state index contributed by atoms with van der Waals surface area (Å²) in [6.07, 6.45) is 8.92. The van der Waals surface area contributed by atoms with Gasteiger partial charge in [-0.2, -0.15) is 0 Å². The van der Waals surface area contributed by atoms with E-state index in [1.165, 1.54) is 24.2 Å². The van der Waals surface area contributed by atoms with Crippen molar-refractivity contribution < 1.29 is 5.11 Å². The molecule has 2 bridgehead atoms. The Morgan fingerprint density at radius 1 is 1.36 bits per heavy atom. The average Bonchev–Trinajstić information content (AvgIpc) is 3.39. The molecule has 0 amide bonds. The third-order valence-electron chi connectivity index (χ3n) is 6.29. The highest BCUT2D eigenvalue weighted by atomic mass is 32.1. The van der Waals surface area contributed by atoms with Crippen molar-refractivity contribution in [1.29, 1.82) is 0 Å². The van der Waals surface area contributed by atoms with Crippen molar-refractivity contribution in [2.24, 2.45) is 5.92 Å². The van der Waals surface area contributed by atoms with E-state index in [1.54, 1.807) is 18.6 Å².